The van der Waals surface area contributed by atoms with Gasteiger partial charge in [0.05, 0.1) is 11.5 Å². The molecular formula is C14H21NO3. The highest BCUT2D eigenvalue weighted by atomic mass is 16.6. The minimum Gasteiger partial charge on any atom is -0.493 e. The minimum absolute atomic E-state index is 0.0976. The largest absolute Gasteiger partial charge is 0.493 e. The highest BCUT2D eigenvalue weighted by Gasteiger charge is 2.08. The van der Waals surface area contributed by atoms with Crippen molar-refractivity contribution in [3.63, 3.8) is 0 Å². The quantitative estimate of drug-likeness (QED) is 0.514. The predicted octanol–water partition coefficient (Wildman–Crippen LogP) is 4.19. The first-order valence-electron chi connectivity index (χ1n) is 6.54. The van der Waals surface area contributed by atoms with Crippen LogP contribution in [-0.2, 0) is 0 Å². The smallest absolute Gasteiger partial charge is 0.269 e. The van der Waals surface area contributed by atoms with E-state index >= 15 is 0 Å². The Bertz CT molecular complexity index is 362. The summed E-state index contributed by atoms with van der Waals surface area (Å²) >= 11 is 0. The van der Waals surface area contributed by atoms with Crippen LogP contribution in [0.25, 0.3) is 0 Å². The third-order valence-electron chi connectivity index (χ3n) is 3.08. The number of nitro benzene ring substituents is 1. The highest BCUT2D eigenvalue weighted by Crippen LogP contribution is 2.19. The number of nitro groups is 1. The van der Waals surface area contributed by atoms with E-state index < -0.39 is 4.92 Å². The van der Waals surface area contributed by atoms with Gasteiger partial charge in [-0.2, -0.15) is 0 Å². The van der Waals surface area contributed by atoms with Crippen molar-refractivity contribution < 1.29 is 9.66 Å². The number of hydrogen-bond acceptors (Lipinski definition) is 3. The third kappa shape index (κ3) is 4.73. The lowest BCUT2D eigenvalue weighted by atomic mass is 10.0. The summed E-state index contributed by atoms with van der Waals surface area (Å²) < 4.78 is 5.67. The van der Waals surface area contributed by atoms with Crippen LogP contribution in [0.1, 0.15) is 39.5 Å². The molecule has 4 nitrogen and oxygen atoms in total. The van der Waals surface area contributed by atoms with Gasteiger partial charge in [0.1, 0.15) is 5.75 Å². The van der Waals surface area contributed by atoms with Crippen LogP contribution in [-0.4, -0.2) is 11.5 Å². The fourth-order valence-corrected chi connectivity index (χ4v) is 1.78. The fourth-order valence-electron chi connectivity index (χ4n) is 1.78. The van der Waals surface area contributed by atoms with E-state index in [0.717, 1.165) is 6.42 Å². The molecule has 0 aliphatic rings. The van der Waals surface area contributed by atoms with Crippen molar-refractivity contribution in [2.24, 2.45) is 5.92 Å². The molecule has 0 N–H and O–H groups in total. The van der Waals surface area contributed by atoms with Crippen LogP contribution >= 0.6 is 0 Å². The summed E-state index contributed by atoms with van der Waals surface area (Å²) in [6.07, 6.45) is 4.71. The maximum absolute atomic E-state index is 10.5. The molecule has 0 saturated carbocycles. The number of hydrogen-bond donors (Lipinski definition) is 0. The molecule has 1 aromatic carbocycles. The summed E-state index contributed by atoms with van der Waals surface area (Å²) in [4.78, 5) is 10.1. The van der Waals surface area contributed by atoms with Crippen molar-refractivity contribution in [3.05, 3.63) is 34.4 Å². The third-order valence-corrected chi connectivity index (χ3v) is 3.08. The van der Waals surface area contributed by atoms with Crippen molar-refractivity contribution in [1.29, 1.82) is 0 Å². The molecule has 0 bridgehead atoms. The van der Waals surface area contributed by atoms with Crippen molar-refractivity contribution in [2.75, 3.05) is 6.61 Å². The zero-order chi connectivity index (χ0) is 13.4. The van der Waals surface area contributed by atoms with E-state index in [1.165, 1.54) is 31.4 Å². The van der Waals surface area contributed by atoms with Gasteiger partial charge in [0.15, 0.2) is 0 Å². The van der Waals surface area contributed by atoms with Gasteiger partial charge in [0, 0.05) is 12.1 Å². The van der Waals surface area contributed by atoms with Crippen LogP contribution < -0.4 is 4.74 Å². The van der Waals surface area contributed by atoms with Crippen LogP contribution in [0.5, 0.6) is 5.75 Å². The van der Waals surface area contributed by atoms with E-state index in [-0.39, 0.29) is 5.69 Å². The lowest BCUT2D eigenvalue weighted by molar-refractivity contribution is -0.384. The Morgan fingerprint density at radius 2 is 1.94 bits per heavy atom. The molecule has 18 heavy (non-hydrogen) atoms. The number of rotatable bonds is 8. The topological polar surface area (TPSA) is 52.4 Å². The Kier molecular flexibility index (Phi) is 6.19. The summed E-state index contributed by atoms with van der Waals surface area (Å²) in [6, 6.07) is 6.26. The average Bonchev–Trinajstić information content (AvgIpc) is 2.39. The number of non-ortho nitro benzene ring substituents is 1. The lowest BCUT2D eigenvalue weighted by Gasteiger charge is -2.15. The van der Waals surface area contributed by atoms with E-state index in [4.69, 9.17) is 4.74 Å². The molecule has 1 aromatic rings. The lowest BCUT2D eigenvalue weighted by Crippen LogP contribution is -2.11. The first-order chi connectivity index (χ1) is 8.67. The average molecular weight is 251 g/mol. The van der Waals surface area contributed by atoms with Gasteiger partial charge in [0.25, 0.3) is 5.69 Å². The van der Waals surface area contributed by atoms with Gasteiger partial charge in [-0.1, -0.05) is 33.1 Å². The molecule has 4 heteroatoms. The number of ether oxygens (including phenoxy) is 1. The molecule has 0 fully saturated rings. The molecule has 1 rings (SSSR count). The Hall–Kier alpha value is -1.58. The van der Waals surface area contributed by atoms with Crippen LogP contribution in [0.2, 0.25) is 0 Å². The van der Waals surface area contributed by atoms with E-state index in [1.807, 2.05) is 0 Å². The zero-order valence-corrected chi connectivity index (χ0v) is 11.1. The molecule has 0 aliphatic carbocycles. The van der Waals surface area contributed by atoms with Crippen molar-refractivity contribution >= 4 is 5.69 Å². The molecule has 0 heterocycles. The Morgan fingerprint density at radius 3 is 2.44 bits per heavy atom. The van der Waals surface area contributed by atoms with Crippen molar-refractivity contribution in [1.82, 2.24) is 0 Å². The van der Waals surface area contributed by atoms with Gasteiger partial charge in [-0.15, -0.1) is 0 Å². The van der Waals surface area contributed by atoms with Gasteiger partial charge in [-0.3, -0.25) is 10.1 Å². The molecule has 0 aliphatic heterocycles. The van der Waals surface area contributed by atoms with Gasteiger partial charge in [-0.25, -0.2) is 0 Å². The molecule has 100 valence electrons. The minimum atomic E-state index is -0.403. The van der Waals surface area contributed by atoms with Gasteiger partial charge in [0.2, 0.25) is 0 Å². The summed E-state index contributed by atoms with van der Waals surface area (Å²) in [6.45, 7) is 5.04. The van der Waals surface area contributed by atoms with E-state index in [9.17, 15) is 10.1 Å². The van der Waals surface area contributed by atoms with Crippen LogP contribution in [0.4, 0.5) is 5.69 Å². The molecule has 0 aromatic heterocycles. The number of nitrogens with zero attached hydrogens (tertiary/aromatic N) is 1. The molecule has 0 amide bonds. The number of unbranched alkanes of at least 4 members (excludes halogenated alkanes) is 1. The van der Waals surface area contributed by atoms with Crippen molar-refractivity contribution in [2.45, 2.75) is 39.5 Å². The van der Waals surface area contributed by atoms with Gasteiger partial charge >= 0.3 is 0 Å². The fraction of sp³-hybridized carbons (Fsp3) is 0.571. The molecule has 0 spiro atoms. The summed E-state index contributed by atoms with van der Waals surface area (Å²) in [5, 5.41) is 10.5. The summed E-state index contributed by atoms with van der Waals surface area (Å²) in [5.41, 5.74) is 0.0976. The summed E-state index contributed by atoms with van der Waals surface area (Å²) in [5.74, 6) is 1.27. The van der Waals surface area contributed by atoms with E-state index in [0.29, 0.717) is 18.3 Å². The molecule has 0 saturated heterocycles. The monoisotopic (exact) mass is 251 g/mol. The SMILES string of the molecule is CCCC[C@H](CC)COc1ccc([N+](=O)[O-])cc1. The second-order valence-electron chi connectivity index (χ2n) is 4.48. The first kappa shape index (κ1) is 14.5. The van der Waals surface area contributed by atoms with E-state index in [2.05, 4.69) is 13.8 Å². The Balaban J connectivity index is 2.44. The zero-order valence-electron chi connectivity index (χ0n) is 11.1. The first-order valence-corrected chi connectivity index (χ1v) is 6.54. The Morgan fingerprint density at radius 1 is 1.28 bits per heavy atom. The predicted molar refractivity (Wildman–Crippen MR) is 71.9 cm³/mol. The van der Waals surface area contributed by atoms with Crippen LogP contribution in [0.3, 0.4) is 0 Å². The molecule has 1 atom stereocenters. The van der Waals surface area contributed by atoms with Crippen molar-refractivity contribution in [3.8, 4) is 5.75 Å². The van der Waals surface area contributed by atoms with E-state index in [1.54, 1.807) is 12.1 Å². The molecule has 0 unspecified atom stereocenters. The van der Waals surface area contributed by atoms with Gasteiger partial charge in [-0.05, 0) is 24.5 Å². The second kappa shape index (κ2) is 7.69. The normalized spacial score (nSPS) is 12.1. The maximum Gasteiger partial charge on any atom is 0.269 e. The molecule has 0 radical (unpaired) electrons. The standard InChI is InChI=1S/C14H21NO3/c1-3-5-6-12(4-2)11-18-14-9-7-13(8-10-14)15(16)17/h7-10,12H,3-6,11H2,1-2H3/t12-/m0/s1. The Labute approximate surface area is 108 Å². The summed E-state index contributed by atoms with van der Waals surface area (Å²) in [7, 11) is 0. The maximum atomic E-state index is 10.5. The number of benzene rings is 1. The highest BCUT2D eigenvalue weighted by molar-refractivity contribution is 5.35. The van der Waals surface area contributed by atoms with Gasteiger partial charge < -0.3 is 4.74 Å². The van der Waals surface area contributed by atoms with Crippen LogP contribution in [0.15, 0.2) is 24.3 Å². The second-order valence-corrected chi connectivity index (χ2v) is 4.48. The molecular weight excluding hydrogens is 230 g/mol. The van der Waals surface area contributed by atoms with Crippen LogP contribution in [0, 0.1) is 16.0 Å².